The van der Waals surface area contributed by atoms with E-state index in [0.29, 0.717) is 12.8 Å². The van der Waals surface area contributed by atoms with Gasteiger partial charge >= 0.3 is 0 Å². The van der Waals surface area contributed by atoms with E-state index in [9.17, 15) is 9.90 Å². The number of nitrogens with zero attached hydrogens (tertiary/aromatic N) is 2. The van der Waals surface area contributed by atoms with E-state index in [1.54, 1.807) is 12.1 Å². The largest absolute Gasteiger partial charge is 0.508 e. The van der Waals surface area contributed by atoms with Gasteiger partial charge in [-0.15, -0.1) is 0 Å². The van der Waals surface area contributed by atoms with Gasteiger partial charge in [-0.1, -0.05) is 17.4 Å². The summed E-state index contributed by atoms with van der Waals surface area (Å²) in [6, 6.07) is 5.31. The van der Waals surface area contributed by atoms with Crippen LogP contribution in [0.15, 0.2) is 36.2 Å². The van der Waals surface area contributed by atoms with Gasteiger partial charge in [0, 0.05) is 24.7 Å². The van der Waals surface area contributed by atoms with Gasteiger partial charge in [0.1, 0.15) is 5.75 Å². The fourth-order valence-corrected chi connectivity index (χ4v) is 3.98. The topological polar surface area (TPSA) is 66.6 Å². The number of aromatic nitrogens is 2. The zero-order chi connectivity index (χ0) is 15.8. The van der Waals surface area contributed by atoms with Crippen molar-refractivity contribution in [1.82, 2.24) is 14.7 Å². The van der Waals surface area contributed by atoms with Gasteiger partial charge in [-0.25, -0.2) is 4.98 Å². The molecule has 0 spiro atoms. The van der Waals surface area contributed by atoms with Crippen molar-refractivity contribution in [3.8, 4) is 5.75 Å². The first-order valence-electron chi connectivity index (χ1n) is 7.77. The zero-order valence-corrected chi connectivity index (χ0v) is 13.4. The molecule has 0 saturated heterocycles. The Hall–Kier alpha value is -2.34. The molecular weight excluding hydrogens is 310 g/mol. The van der Waals surface area contributed by atoms with Crippen LogP contribution in [0.4, 0.5) is 0 Å². The normalized spacial score (nSPS) is 14.5. The van der Waals surface area contributed by atoms with Gasteiger partial charge in [-0.2, -0.15) is 0 Å². The van der Waals surface area contributed by atoms with Crippen LogP contribution in [-0.2, 0) is 11.2 Å². The highest BCUT2D eigenvalue weighted by Crippen LogP contribution is 2.29. The monoisotopic (exact) mass is 327 g/mol. The number of rotatable bonds is 4. The number of carbonyl (C=O) groups is 1. The third-order valence-electron chi connectivity index (χ3n) is 4.08. The summed E-state index contributed by atoms with van der Waals surface area (Å²) in [7, 11) is 0. The van der Waals surface area contributed by atoms with Crippen molar-refractivity contribution in [2.24, 2.45) is 0 Å². The predicted octanol–water partition coefficient (Wildman–Crippen LogP) is 3.37. The average molecular weight is 327 g/mol. The molecule has 1 amide bonds. The molecule has 1 aromatic carbocycles. The quantitative estimate of drug-likeness (QED) is 0.772. The van der Waals surface area contributed by atoms with E-state index >= 15 is 0 Å². The Bertz CT molecular complexity index is 923. The number of hydrogen-bond donors (Lipinski definition) is 2. The molecule has 0 aliphatic heterocycles. The molecular formula is C17H17N3O2S. The number of aromatic hydroxyl groups is 1. The Morgan fingerprint density at radius 1 is 1.43 bits per heavy atom. The first-order valence-corrected chi connectivity index (χ1v) is 8.59. The molecule has 1 aliphatic rings. The summed E-state index contributed by atoms with van der Waals surface area (Å²) in [4.78, 5) is 17.4. The predicted molar refractivity (Wildman–Crippen MR) is 90.6 cm³/mol. The molecule has 4 rings (SSSR count). The molecule has 0 fully saturated rings. The molecule has 2 heterocycles. The number of thiazole rings is 1. The minimum atomic E-state index is 0.0595. The van der Waals surface area contributed by atoms with Crippen LogP contribution >= 0.6 is 11.3 Å². The highest BCUT2D eigenvalue weighted by Gasteiger charge is 2.12. The maximum absolute atomic E-state index is 12.0. The summed E-state index contributed by atoms with van der Waals surface area (Å²) in [5.74, 6) is 0.324. The van der Waals surface area contributed by atoms with Gasteiger partial charge < -0.3 is 10.4 Å². The second kappa shape index (κ2) is 5.70. The number of allylic oxidation sites excluding steroid dienone is 2. The molecule has 118 valence electrons. The standard InChI is InChI=1S/C17H17N3O2S/c21-13-6-7-14-15(9-13)23-17-19-12(10-20(14)17)5-8-16(22)18-11-3-1-2-4-11/h3,6-7,9-10,21H,1-2,4-5,8H2,(H,18,22). The molecule has 2 aromatic heterocycles. The van der Waals surface area contributed by atoms with Crippen molar-refractivity contribution in [2.75, 3.05) is 0 Å². The van der Waals surface area contributed by atoms with Crippen LogP contribution in [0, 0.1) is 0 Å². The Labute approximate surface area is 137 Å². The number of hydrogen-bond acceptors (Lipinski definition) is 4. The molecule has 1 aliphatic carbocycles. The van der Waals surface area contributed by atoms with Gasteiger partial charge in [0.15, 0.2) is 4.96 Å². The van der Waals surface area contributed by atoms with Gasteiger partial charge in [0.25, 0.3) is 0 Å². The highest BCUT2D eigenvalue weighted by atomic mass is 32.1. The molecule has 0 bridgehead atoms. The number of phenols is 1. The number of imidazole rings is 1. The van der Waals surface area contributed by atoms with Crippen LogP contribution in [0.1, 0.15) is 31.4 Å². The molecule has 3 aromatic rings. The van der Waals surface area contributed by atoms with Crippen molar-refractivity contribution >= 4 is 32.4 Å². The van der Waals surface area contributed by atoms with E-state index < -0.39 is 0 Å². The number of phenolic OH excluding ortho intramolecular Hbond substituents is 1. The minimum Gasteiger partial charge on any atom is -0.508 e. The smallest absolute Gasteiger partial charge is 0.224 e. The Morgan fingerprint density at radius 2 is 2.35 bits per heavy atom. The Morgan fingerprint density at radius 3 is 3.17 bits per heavy atom. The SMILES string of the molecule is O=C(CCc1cn2c(n1)sc1cc(O)ccc12)NC1=CCCC1. The Balaban J connectivity index is 1.48. The van der Waals surface area contributed by atoms with E-state index in [-0.39, 0.29) is 11.7 Å². The second-order valence-electron chi connectivity index (χ2n) is 5.81. The van der Waals surface area contributed by atoms with Crippen LogP contribution < -0.4 is 5.32 Å². The summed E-state index contributed by atoms with van der Waals surface area (Å²) >= 11 is 1.54. The summed E-state index contributed by atoms with van der Waals surface area (Å²) in [5, 5.41) is 12.5. The third kappa shape index (κ3) is 2.82. The van der Waals surface area contributed by atoms with E-state index in [4.69, 9.17) is 0 Å². The lowest BCUT2D eigenvalue weighted by molar-refractivity contribution is -0.120. The minimum absolute atomic E-state index is 0.0595. The molecule has 5 nitrogen and oxygen atoms in total. The first-order chi connectivity index (χ1) is 11.2. The van der Waals surface area contributed by atoms with Crippen molar-refractivity contribution in [3.05, 3.63) is 41.9 Å². The first kappa shape index (κ1) is 14.3. The fourth-order valence-electron chi connectivity index (χ4n) is 2.92. The lowest BCUT2D eigenvalue weighted by Gasteiger charge is -2.04. The van der Waals surface area contributed by atoms with Gasteiger partial charge in [-0.05, 0) is 37.5 Å². The van der Waals surface area contributed by atoms with Gasteiger partial charge in [0.2, 0.25) is 5.91 Å². The number of aryl methyl sites for hydroxylation is 1. The van der Waals surface area contributed by atoms with Crippen LogP contribution in [0.2, 0.25) is 0 Å². The zero-order valence-electron chi connectivity index (χ0n) is 12.6. The molecule has 23 heavy (non-hydrogen) atoms. The fraction of sp³-hybridized carbons (Fsp3) is 0.294. The van der Waals surface area contributed by atoms with Crippen molar-refractivity contribution in [1.29, 1.82) is 0 Å². The maximum atomic E-state index is 12.0. The molecule has 0 saturated carbocycles. The van der Waals surface area contributed by atoms with Crippen LogP contribution in [0.5, 0.6) is 5.75 Å². The highest BCUT2D eigenvalue weighted by molar-refractivity contribution is 7.23. The summed E-state index contributed by atoms with van der Waals surface area (Å²) in [6.45, 7) is 0. The molecule has 0 radical (unpaired) electrons. The van der Waals surface area contributed by atoms with E-state index in [2.05, 4.69) is 16.4 Å². The maximum Gasteiger partial charge on any atom is 0.224 e. The van der Waals surface area contributed by atoms with Crippen LogP contribution in [0.25, 0.3) is 15.2 Å². The van der Waals surface area contributed by atoms with E-state index in [0.717, 1.165) is 45.8 Å². The summed E-state index contributed by atoms with van der Waals surface area (Å²) in [5.41, 5.74) is 3.01. The summed E-state index contributed by atoms with van der Waals surface area (Å²) < 4.78 is 3.02. The number of benzene rings is 1. The molecule has 0 unspecified atom stereocenters. The van der Waals surface area contributed by atoms with Crippen molar-refractivity contribution in [3.63, 3.8) is 0 Å². The van der Waals surface area contributed by atoms with Gasteiger partial charge in [-0.3, -0.25) is 9.20 Å². The van der Waals surface area contributed by atoms with Crippen molar-refractivity contribution < 1.29 is 9.90 Å². The van der Waals surface area contributed by atoms with Crippen LogP contribution in [0.3, 0.4) is 0 Å². The van der Waals surface area contributed by atoms with Crippen LogP contribution in [-0.4, -0.2) is 20.4 Å². The molecule has 6 heteroatoms. The number of fused-ring (bicyclic) bond motifs is 3. The number of carbonyl (C=O) groups excluding carboxylic acids is 1. The van der Waals surface area contributed by atoms with E-state index in [1.807, 2.05) is 16.7 Å². The number of amides is 1. The average Bonchev–Trinajstić information content (AvgIpc) is 3.20. The number of nitrogens with one attached hydrogen (secondary N) is 1. The van der Waals surface area contributed by atoms with E-state index in [1.165, 1.54) is 11.3 Å². The second-order valence-corrected chi connectivity index (χ2v) is 6.82. The lowest BCUT2D eigenvalue weighted by atomic mass is 10.2. The van der Waals surface area contributed by atoms with Crippen molar-refractivity contribution in [2.45, 2.75) is 32.1 Å². The lowest BCUT2D eigenvalue weighted by Crippen LogP contribution is -2.22. The molecule has 0 atom stereocenters. The van der Waals surface area contributed by atoms with Gasteiger partial charge in [0.05, 0.1) is 15.9 Å². The summed E-state index contributed by atoms with van der Waals surface area (Å²) in [6.07, 6.45) is 8.34. The molecule has 2 N–H and O–H groups in total. The third-order valence-corrected chi connectivity index (χ3v) is 5.09. The Kier molecular flexibility index (Phi) is 3.53.